The Bertz CT molecular complexity index is 346. The van der Waals surface area contributed by atoms with E-state index >= 15 is 0 Å². The molecule has 0 amide bonds. The molecule has 76 valence electrons. The topological polar surface area (TPSA) is 15.4 Å². The molecule has 2 nitrogen and oxygen atoms in total. The van der Waals surface area contributed by atoms with E-state index in [0.717, 1.165) is 10.7 Å². The molecular weight excluding hydrogens is 192 g/mol. The largest absolute Gasteiger partial charge is 0.335 e. The van der Waals surface area contributed by atoms with Gasteiger partial charge in [-0.3, -0.25) is 0 Å². The number of nitrogens with zero attached hydrogens (tertiary/aromatic N) is 2. The smallest absolute Gasteiger partial charge is 0.237 e. The van der Waals surface area contributed by atoms with Crippen molar-refractivity contribution in [2.24, 2.45) is 10.4 Å². The highest BCUT2D eigenvalue weighted by Crippen LogP contribution is 2.23. The van der Waals surface area contributed by atoms with Crippen molar-refractivity contribution in [2.75, 3.05) is 7.05 Å². The first-order valence-electron chi connectivity index (χ1n) is 4.66. The summed E-state index contributed by atoms with van der Waals surface area (Å²) < 4.78 is 1.96. The zero-order chi connectivity index (χ0) is 10.8. The highest BCUT2D eigenvalue weighted by molar-refractivity contribution is 7.84. The van der Waals surface area contributed by atoms with Gasteiger partial charge in [0, 0.05) is 5.41 Å². The zero-order valence-corrected chi connectivity index (χ0v) is 10.0. The van der Waals surface area contributed by atoms with Crippen LogP contribution in [0.2, 0.25) is 0 Å². The minimum atomic E-state index is 0.00428. The Hall–Kier alpha value is -0.830. The molecule has 0 aliphatic carbocycles. The molecule has 0 aromatic heterocycles. The minimum absolute atomic E-state index is 0.00428. The highest BCUT2D eigenvalue weighted by Gasteiger charge is 2.20. The molecule has 0 spiro atoms. The fraction of sp³-hybridized carbons (Fsp3) is 0.455. The van der Waals surface area contributed by atoms with Crippen LogP contribution < -0.4 is 0 Å². The molecule has 0 aromatic carbocycles. The summed E-state index contributed by atoms with van der Waals surface area (Å²) in [5.41, 5.74) is 0.00428. The number of hydrogen-bond acceptors (Lipinski definition) is 2. The van der Waals surface area contributed by atoms with E-state index < -0.39 is 0 Å². The maximum atomic E-state index is 4.44. The lowest BCUT2D eigenvalue weighted by Gasteiger charge is -2.07. The predicted molar refractivity (Wildman–Crippen MR) is 65.3 cm³/mol. The fourth-order valence-electron chi connectivity index (χ4n) is 1.10. The molecule has 0 radical (unpaired) electrons. The van der Waals surface area contributed by atoms with Gasteiger partial charge in [0.1, 0.15) is 6.21 Å². The predicted octanol–water partition coefficient (Wildman–Crippen LogP) is 2.49. The Balaban J connectivity index is 3.14. The van der Waals surface area contributed by atoms with Gasteiger partial charge in [-0.25, -0.2) is 4.58 Å². The van der Waals surface area contributed by atoms with E-state index in [9.17, 15) is 0 Å². The number of allylic oxidation sites excluding steroid dienone is 2. The van der Waals surface area contributed by atoms with Gasteiger partial charge in [0.25, 0.3) is 0 Å². The molecule has 0 fully saturated rings. The van der Waals surface area contributed by atoms with Gasteiger partial charge >= 0.3 is 5.82 Å². The van der Waals surface area contributed by atoms with Crippen LogP contribution in [-0.4, -0.2) is 24.1 Å². The molecule has 14 heavy (non-hydrogen) atoms. The number of thiol groups is 1. The summed E-state index contributed by atoms with van der Waals surface area (Å²) >= 11 is 4.41. The van der Waals surface area contributed by atoms with Crippen molar-refractivity contribution in [3.8, 4) is 0 Å². The van der Waals surface area contributed by atoms with Gasteiger partial charge in [0.05, 0.1) is 18.2 Å². The van der Waals surface area contributed by atoms with Crippen molar-refractivity contribution in [3.05, 3.63) is 22.9 Å². The van der Waals surface area contributed by atoms with Crippen LogP contribution in [0.25, 0.3) is 0 Å². The molecule has 1 aliphatic heterocycles. The van der Waals surface area contributed by atoms with E-state index in [4.69, 9.17) is 0 Å². The van der Waals surface area contributed by atoms with E-state index in [0.29, 0.717) is 0 Å². The molecule has 0 bridgehead atoms. The van der Waals surface area contributed by atoms with Crippen molar-refractivity contribution in [1.82, 2.24) is 0 Å². The van der Waals surface area contributed by atoms with Crippen molar-refractivity contribution in [1.29, 1.82) is 0 Å². The van der Waals surface area contributed by atoms with E-state index in [1.165, 1.54) is 0 Å². The monoisotopic (exact) mass is 209 g/mol. The summed E-state index contributed by atoms with van der Waals surface area (Å²) in [7, 11) is 1.97. The minimum Gasteiger partial charge on any atom is -0.237 e. The Morgan fingerprint density at radius 3 is 2.71 bits per heavy atom. The van der Waals surface area contributed by atoms with Gasteiger partial charge in [-0.2, -0.15) is 0 Å². The van der Waals surface area contributed by atoms with Crippen LogP contribution in [0.3, 0.4) is 0 Å². The molecule has 0 saturated carbocycles. The second-order valence-electron chi connectivity index (χ2n) is 3.99. The van der Waals surface area contributed by atoms with E-state index in [1.54, 1.807) is 0 Å². The van der Waals surface area contributed by atoms with Crippen LogP contribution >= 0.6 is 12.6 Å². The molecule has 3 heteroatoms. The van der Waals surface area contributed by atoms with Crippen molar-refractivity contribution in [2.45, 2.75) is 20.8 Å². The normalized spacial score (nSPS) is 21.4. The Morgan fingerprint density at radius 2 is 2.14 bits per heavy atom. The third kappa shape index (κ3) is 2.58. The summed E-state index contributed by atoms with van der Waals surface area (Å²) in [4.78, 5) is 5.33. The van der Waals surface area contributed by atoms with E-state index in [2.05, 4.69) is 37.5 Å². The molecule has 0 N–H and O–H groups in total. The molecule has 0 atom stereocenters. The lowest BCUT2D eigenvalue weighted by molar-refractivity contribution is -0.440. The number of hydrogen-bond donors (Lipinski definition) is 1. The van der Waals surface area contributed by atoms with Gasteiger partial charge in [0.2, 0.25) is 0 Å². The average Bonchev–Trinajstić information content (AvgIpc) is 2.26. The zero-order valence-electron chi connectivity index (χ0n) is 9.15. The molecule has 1 heterocycles. The van der Waals surface area contributed by atoms with Crippen LogP contribution in [0.5, 0.6) is 0 Å². The van der Waals surface area contributed by atoms with Crippen molar-refractivity contribution >= 4 is 25.1 Å². The molecule has 0 saturated heterocycles. The summed E-state index contributed by atoms with van der Waals surface area (Å²) in [5.74, 6) is 0.887. The van der Waals surface area contributed by atoms with E-state index in [-0.39, 0.29) is 5.41 Å². The van der Waals surface area contributed by atoms with Gasteiger partial charge in [-0.05, 0) is 26.8 Å². The second kappa shape index (κ2) is 4.13. The quantitative estimate of drug-likeness (QED) is 0.388. The summed E-state index contributed by atoms with van der Waals surface area (Å²) in [6.07, 6.45) is 8.03. The Labute approximate surface area is 91.2 Å². The lowest BCUT2D eigenvalue weighted by atomic mass is 9.95. The first-order chi connectivity index (χ1) is 6.46. The first-order valence-corrected chi connectivity index (χ1v) is 5.11. The van der Waals surface area contributed by atoms with Crippen molar-refractivity contribution in [3.63, 3.8) is 0 Å². The Morgan fingerprint density at radius 1 is 1.50 bits per heavy atom. The van der Waals surface area contributed by atoms with Gasteiger partial charge in [0.15, 0.2) is 0 Å². The third-order valence-corrected chi connectivity index (χ3v) is 2.49. The summed E-state index contributed by atoms with van der Waals surface area (Å²) in [6, 6.07) is 0. The average molecular weight is 209 g/mol. The maximum absolute atomic E-state index is 4.44. The Kier molecular flexibility index (Phi) is 3.32. The van der Waals surface area contributed by atoms with Gasteiger partial charge in [-0.15, -0.1) is 12.6 Å². The van der Waals surface area contributed by atoms with Gasteiger partial charge < -0.3 is 0 Å². The maximum Gasteiger partial charge on any atom is 0.335 e. The second-order valence-corrected chi connectivity index (χ2v) is 4.47. The van der Waals surface area contributed by atoms with Crippen molar-refractivity contribution < 1.29 is 4.58 Å². The van der Waals surface area contributed by atoms with Crippen LogP contribution in [0.1, 0.15) is 20.8 Å². The van der Waals surface area contributed by atoms with Crippen LogP contribution in [0.15, 0.2) is 27.9 Å². The molecule has 0 unspecified atom stereocenters. The van der Waals surface area contributed by atoms with Crippen LogP contribution in [-0.2, 0) is 0 Å². The molecule has 0 aromatic rings. The van der Waals surface area contributed by atoms with Crippen LogP contribution in [0.4, 0.5) is 0 Å². The standard InChI is InChI=1S/C11H16N2S/c1-5-13(4)10-9(14)6-7-11(2,3)8-12-10/h5-8H,1-4H3/p+1. The third-order valence-electron chi connectivity index (χ3n) is 2.14. The summed E-state index contributed by atoms with van der Waals surface area (Å²) in [5, 5.41) is 0. The molecular formula is C11H17N2S+. The fourth-order valence-corrected chi connectivity index (χ4v) is 1.39. The van der Waals surface area contributed by atoms with Crippen LogP contribution in [0, 0.1) is 5.41 Å². The number of aliphatic imine (C=N–C) groups is 1. The molecule has 1 aliphatic rings. The van der Waals surface area contributed by atoms with Gasteiger partial charge in [-0.1, -0.05) is 11.1 Å². The molecule has 1 rings (SSSR count). The number of rotatable bonds is 1. The first kappa shape index (κ1) is 11.2. The summed E-state index contributed by atoms with van der Waals surface area (Å²) in [6.45, 7) is 6.21. The SMILES string of the molecule is CC=[N+](C)C1=C(S)C=CC(C)(C)C=N1. The lowest BCUT2D eigenvalue weighted by Crippen LogP contribution is -2.09. The van der Waals surface area contributed by atoms with E-state index in [1.807, 2.05) is 37.1 Å². The highest BCUT2D eigenvalue weighted by atomic mass is 32.1.